The molecular weight excluding hydrogens is 266 g/mol. The number of nitrogens with zero attached hydrogens (tertiary/aromatic N) is 2. The van der Waals surface area contributed by atoms with Crippen molar-refractivity contribution in [3.05, 3.63) is 22.8 Å². The number of carbonyl (C=O) groups excluding carboxylic acids is 1. The van der Waals surface area contributed by atoms with Crippen LogP contribution in [-0.4, -0.2) is 48.1 Å². The average Bonchev–Trinajstić information content (AvgIpc) is 2.41. The van der Waals surface area contributed by atoms with Crippen molar-refractivity contribution in [2.45, 2.75) is 19.9 Å². The van der Waals surface area contributed by atoms with Crippen molar-refractivity contribution in [2.75, 3.05) is 31.6 Å². The summed E-state index contributed by atoms with van der Waals surface area (Å²) < 4.78 is 5.33. The average molecular weight is 284 g/mol. The maximum absolute atomic E-state index is 12.4. The van der Waals surface area contributed by atoms with Crippen LogP contribution in [0.15, 0.2) is 12.3 Å². The minimum Gasteiger partial charge on any atom is -0.377 e. The molecule has 0 bridgehead atoms. The Hall–Kier alpha value is -1.33. The highest BCUT2D eigenvalue weighted by Crippen LogP contribution is 2.21. The summed E-state index contributed by atoms with van der Waals surface area (Å²) in [6, 6.07) is 1.74. The van der Waals surface area contributed by atoms with E-state index < -0.39 is 0 Å². The third kappa shape index (κ3) is 3.16. The zero-order chi connectivity index (χ0) is 13.8. The number of anilines is 1. The van der Waals surface area contributed by atoms with Gasteiger partial charge < -0.3 is 15.0 Å². The summed E-state index contributed by atoms with van der Waals surface area (Å²) in [6.07, 6.45) is 1.56. The fraction of sp³-hybridized carbons (Fsp3) is 0.538. The zero-order valence-corrected chi connectivity index (χ0v) is 11.9. The van der Waals surface area contributed by atoms with E-state index in [0.717, 1.165) is 6.54 Å². The molecule has 1 saturated heterocycles. The summed E-state index contributed by atoms with van der Waals surface area (Å²) in [4.78, 5) is 18.4. The van der Waals surface area contributed by atoms with Gasteiger partial charge in [-0.25, -0.2) is 4.98 Å². The number of halogens is 1. The van der Waals surface area contributed by atoms with Gasteiger partial charge in [-0.3, -0.25) is 4.79 Å². The number of pyridine rings is 1. The number of morpholine rings is 1. The van der Waals surface area contributed by atoms with E-state index in [2.05, 4.69) is 10.3 Å². The summed E-state index contributed by atoms with van der Waals surface area (Å²) >= 11 is 6.11. The molecular formula is C13H18ClN3O2. The van der Waals surface area contributed by atoms with Gasteiger partial charge in [0.05, 0.1) is 29.8 Å². The molecule has 1 amide bonds. The van der Waals surface area contributed by atoms with Crippen LogP contribution in [0.25, 0.3) is 0 Å². The van der Waals surface area contributed by atoms with E-state index >= 15 is 0 Å². The van der Waals surface area contributed by atoms with Crippen LogP contribution in [0, 0.1) is 0 Å². The SMILES string of the molecule is CCNc1ncc(C(=O)N2CCOCC2C)cc1Cl. The normalized spacial score (nSPS) is 19.3. The Labute approximate surface area is 117 Å². The van der Waals surface area contributed by atoms with Crippen molar-refractivity contribution < 1.29 is 9.53 Å². The van der Waals surface area contributed by atoms with Crippen molar-refractivity contribution in [1.82, 2.24) is 9.88 Å². The zero-order valence-electron chi connectivity index (χ0n) is 11.1. The Morgan fingerprint density at radius 1 is 1.68 bits per heavy atom. The summed E-state index contributed by atoms with van der Waals surface area (Å²) in [5, 5.41) is 3.51. The molecule has 2 rings (SSSR count). The lowest BCUT2D eigenvalue weighted by Gasteiger charge is -2.33. The summed E-state index contributed by atoms with van der Waals surface area (Å²) in [5.41, 5.74) is 0.514. The van der Waals surface area contributed by atoms with Gasteiger partial charge in [0.25, 0.3) is 5.91 Å². The van der Waals surface area contributed by atoms with Gasteiger partial charge >= 0.3 is 0 Å². The van der Waals surface area contributed by atoms with Gasteiger partial charge in [0.15, 0.2) is 0 Å². The first kappa shape index (κ1) is 14.1. The highest BCUT2D eigenvalue weighted by atomic mass is 35.5. The second-order valence-corrected chi connectivity index (χ2v) is 4.91. The van der Waals surface area contributed by atoms with Gasteiger partial charge in [-0.15, -0.1) is 0 Å². The summed E-state index contributed by atoms with van der Waals surface area (Å²) in [6.45, 7) is 6.42. The molecule has 1 unspecified atom stereocenters. The predicted octanol–water partition coefficient (Wildman–Crippen LogP) is 2.03. The number of carbonyl (C=O) groups is 1. The van der Waals surface area contributed by atoms with E-state index in [-0.39, 0.29) is 11.9 Å². The van der Waals surface area contributed by atoms with E-state index in [9.17, 15) is 4.79 Å². The van der Waals surface area contributed by atoms with Crippen LogP contribution in [0.4, 0.5) is 5.82 Å². The summed E-state index contributed by atoms with van der Waals surface area (Å²) in [5.74, 6) is 0.559. The van der Waals surface area contributed by atoms with E-state index in [1.54, 1.807) is 17.2 Å². The van der Waals surface area contributed by atoms with Gasteiger partial charge in [-0.05, 0) is 19.9 Å². The standard InChI is InChI=1S/C13H18ClN3O2/c1-3-15-12-11(14)6-10(7-16-12)13(18)17-4-5-19-8-9(17)2/h6-7,9H,3-5,8H2,1-2H3,(H,15,16). The van der Waals surface area contributed by atoms with Crippen LogP contribution in [0.3, 0.4) is 0 Å². The molecule has 1 aromatic rings. The molecule has 19 heavy (non-hydrogen) atoms. The molecule has 0 radical (unpaired) electrons. The second-order valence-electron chi connectivity index (χ2n) is 4.51. The molecule has 1 aliphatic rings. The molecule has 1 atom stereocenters. The Balaban J connectivity index is 2.17. The van der Waals surface area contributed by atoms with Crippen LogP contribution in [-0.2, 0) is 4.74 Å². The third-order valence-corrected chi connectivity index (χ3v) is 3.35. The van der Waals surface area contributed by atoms with Crippen LogP contribution >= 0.6 is 11.6 Å². The Morgan fingerprint density at radius 2 is 2.47 bits per heavy atom. The van der Waals surface area contributed by atoms with Gasteiger partial charge in [0.2, 0.25) is 0 Å². The van der Waals surface area contributed by atoms with E-state index in [1.165, 1.54) is 0 Å². The molecule has 1 N–H and O–H groups in total. The van der Waals surface area contributed by atoms with Crippen LogP contribution in [0.5, 0.6) is 0 Å². The lowest BCUT2D eigenvalue weighted by Crippen LogP contribution is -2.47. The second kappa shape index (κ2) is 6.21. The van der Waals surface area contributed by atoms with E-state index in [0.29, 0.717) is 36.2 Å². The van der Waals surface area contributed by atoms with Gasteiger partial charge in [0, 0.05) is 19.3 Å². The monoisotopic (exact) mass is 283 g/mol. The van der Waals surface area contributed by atoms with E-state index in [4.69, 9.17) is 16.3 Å². The maximum atomic E-state index is 12.4. The first-order chi connectivity index (χ1) is 9.13. The van der Waals surface area contributed by atoms with Crippen LogP contribution in [0.1, 0.15) is 24.2 Å². The van der Waals surface area contributed by atoms with E-state index in [1.807, 2.05) is 13.8 Å². The molecule has 1 fully saturated rings. The third-order valence-electron chi connectivity index (χ3n) is 3.06. The number of hydrogen-bond acceptors (Lipinski definition) is 4. The Morgan fingerprint density at radius 3 is 3.11 bits per heavy atom. The fourth-order valence-corrected chi connectivity index (χ4v) is 2.28. The fourth-order valence-electron chi connectivity index (χ4n) is 2.05. The molecule has 1 aromatic heterocycles. The molecule has 0 saturated carbocycles. The number of aromatic nitrogens is 1. The minimum atomic E-state index is -0.0479. The Bertz CT molecular complexity index is 467. The molecule has 5 nitrogen and oxygen atoms in total. The minimum absolute atomic E-state index is 0.0479. The molecule has 1 aliphatic heterocycles. The molecule has 0 aromatic carbocycles. The number of nitrogens with one attached hydrogen (secondary N) is 1. The van der Waals surface area contributed by atoms with Crippen LogP contribution in [0.2, 0.25) is 5.02 Å². The molecule has 0 aliphatic carbocycles. The topological polar surface area (TPSA) is 54.5 Å². The molecule has 2 heterocycles. The van der Waals surface area contributed by atoms with Crippen molar-refractivity contribution in [2.24, 2.45) is 0 Å². The van der Waals surface area contributed by atoms with Gasteiger partial charge in [-0.1, -0.05) is 11.6 Å². The largest absolute Gasteiger partial charge is 0.377 e. The van der Waals surface area contributed by atoms with Crippen molar-refractivity contribution >= 4 is 23.3 Å². The molecule has 104 valence electrons. The first-order valence-electron chi connectivity index (χ1n) is 6.41. The highest BCUT2D eigenvalue weighted by Gasteiger charge is 2.25. The van der Waals surface area contributed by atoms with Gasteiger partial charge in [-0.2, -0.15) is 0 Å². The maximum Gasteiger partial charge on any atom is 0.255 e. The Kier molecular flexibility index (Phi) is 4.61. The highest BCUT2D eigenvalue weighted by molar-refractivity contribution is 6.33. The molecule has 0 spiro atoms. The number of rotatable bonds is 3. The van der Waals surface area contributed by atoms with Crippen molar-refractivity contribution in [3.8, 4) is 0 Å². The number of hydrogen-bond donors (Lipinski definition) is 1. The quantitative estimate of drug-likeness (QED) is 0.922. The lowest BCUT2D eigenvalue weighted by molar-refractivity contribution is 0.00357. The smallest absolute Gasteiger partial charge is 0.255 e. The predicted molar refractivity (Wildman–Crippen MR) is 74.7 cm³/mol. The molecule has 6 heteroatoms. The van der Waals surface area contributed by atoms with Crippen LogP contribution < -0.4 is 5.32 Å². The number of ether oxygens (including phenoxy) is 1. The van der Waals surface area contributed by atoms with Crippen molar-refractivity contribution in [1.29, 1.82) is 0 Å². The van der Waals surface area contributed by atoms with Gasteiger partial charge in [0.1, 0.15) is 5.82 Å². The lowest BCUT2D eigenvalue weighted by atomic mass is 10.2. The van der Waals surface area contributed by atoms with Crippen molar-refractivity contribution in [3.63, 3.8) is 0 Å². The first-order valence-corrected chi connectivity index (χ1v) is 6.79. The summed E-state index contributed by atoms with van der Waals surface area (Å²) in [7, 11) is 0. The number of amides is 1.